The van der Waals surface area contributed by atoms with E-state index < -0.39 is 0 Å². The summed E-state index contributed by atoms with van der Waals surface area (Å²) in [5.74, 6) is 0.240. The highest BCUT2D eigenvalue weighted by Gasteiger charge is 2.42. The number of fused-ring (bicyclic) bond motifs is 3. The average molecular weight is 311 g/mol. The SMILES string of the molecule is OC1CN(C2COC2)CCC1C1c2ccccc2-c2cncn21. The van der Waals surface area contributed by atoms with E-state index in [1.165, 1.54) is 16.8 Å². The van der Waals surface area contributed by atoms with Crippen molar-refractivity contribution in [2.75, 3.05) is 26.3 Å². The Morgan fingerprint density at radius 2 is 2.09 bits per heavy atom. The Bertz CT molecular complexity index is 725. The van der Waals surface area contributed by atoms with E-state index in [4.69, 9.17) is 4.74 Å². The summed E-state index contributed by atoms with van der Waals surface area (Å²) >= 11 is 0. The highest BCUT2D eigenvalue weighted by atomic mass is 16.5. The zero-order chi connectivity index (χ0) is 15.4. The van der Waals surface area contributed by atoms with E-state index in [-0.39, 0.29) is 18.1 Å². The van der Waals surface area contributed by atoms with Crippen molar-refractivity contribution in [3.05, 3.63) is 42.4 Å². The topological polar surface area (TPSA) is 50.5 Å². The molecule has 5 rings (SSSR count). The molecule has 1 aromatic heterocycles. The van der Waals surface area contributed by atoms with Crippen molar-refractivity contribution in [3.8, 4) is 11.3 Å². The van der Waals surface area contributed by atoms with E-state index in [2.05, 4.69) is 38.7 Å². The molecule has 2 aromatic rings. The minimum atomic E-state index is -0.309. The van der Waals surface area contributed by atoms with Gasteiger partial charge in [-0.3, -0.25) is 4.90 Å². The fourth-order valence-electron chi connectivity index (χ4n) is 4.42. The highest BCUT2D eigenvalue weighted by molar-refractivity contribution is 5.69. The van der Waals surface area contributed by atoms with Gasteiger partial charge < -0.3 is 14.4 Å². The largest absolute Gasteiger partial charge is 0.391 e. The number of nitrogens with zero attached hydrogens (tertiary/aromatic N) is 3. The molecule has 1 aromatic carbocycles. The Kier molecular flexibility index (Phi) is 3.08. The van der Waals surface area contributed by atoms with Crippen molar-refractivity contribution < 1.29 is 9.84 Å². The van der Waals surface area contributed by atoms with Gasteiger partial charge in [-0.15, -0.1) is 0 Å². The molecule has 0 spiro atoms. The van der Waals surface area contributed by atoms with Crippen molar-refractivity contribution in [2.24, 2.45) is 5.92 Å². The van der Waals surface area contributed by atoms with Gasteiger partial charge in [0.05, 0.1) is 49.6 Å². The summed E-state index contributed by atoms with van der Waals surface area (Å²) in [6, 6.07) is 9.25. The quantitative estimate of drug-likeness (QED) is 0.914. The molecular formula is C18H21N3O2. The van der Waals surface area contributed by atoms with Crippen molar-refractivity contribution in [2.45, 2.75) is 24.6 Å². The summed E-state index contributed by atoms with van der Waals surface area (Å²) < 4.78 is 7.55. The van der Waals surface area contributed by atoms with Gasteiger partial charge in [-0.1, -0.05) is 24.3 Å². The Hall–Kier alpha value is -1.69. The normalized spacial score (nSPS) is 30.7. The van der Waals surface area contributed by atoms with Crippen LogP contribution in [0, 0.1) is 5.92 Å². The second-order valence-electron chi connectivity index (χ2n) is 6.92. The lowest BCUT2D eigenvalue weighted by atomic mass is 9.83. The number of rotatable bonds is 2. The molecule has 2 saturated heterocycles. The number of hydrogen-bond donors (Lipinski definition) is 1. The molecular weight excluding hydrogens is 290 g/mol. The van der Waals surface area contributed by atoms with Crippen molar-refractivity contribution in [1.29, 1.82) is 0 Å². The lowest BCUT2D eigenvalue weighted by molar-refractivity contribution is -0.0986. The van der Waals surface area contributed by atoms with Gasteiger partial charge in [-0.2, -0.15) is 0 Å². The standard InChI is InChI=1S/C18H21N3O2/c22-17-8-20(12-9-23-10-12)6-5-15(17)18-14-4-2-1-3-13(14)16-7-19-11-21(16)18/h1-4,7,11-12,15,17-18,22H,5-6,8-10H2. The number of likely N-dealkylation sites (tertiary alicyclic amines) is 1. The lowest BCUT2D eigenvalue weighted by Crippen LogP contribution is -2.56. The second kappa shape index (κ2) is 5.16. The Balaban J connectivity index is 1.46. The molecule has 3 aliphatic heterocycles. The van der Waals surface area contributed by atoms with Crippen LogP contribution in [-0.4, -0.2) is 58.0 Å². The third-order valence-electron chi connectivity index (χ3n) is 5.73. The maximum absolute atomic E-state index is 10.8. The lowest BCUT2D eigenvalue weighted by Gasteiger charge is -2.45. The zero-order valence-corrected chi connectivity index (χ0v) is 13.0. The van der Waals surface area contributed by atoms with Gasteiger partial charge in [0.2, 0.25) is 0 Å². The van der Waals surface area contributed by atoms with Crippen molar-refractivity contribution >= 4 is 0 Å². The molecule has 0 amide bonds. The number of benzene rings is 1. The van der Waals surface area contributed by atoms with Crippen LogP contribution in [0.1, 0.15) is 18.0 Å². The molecule has 120 valence electrons. The maximum Gasteiger partial charge on any atom is 0.0956 e. The van der Waals surface area contributed by atoms with Crippen LogP contribution in [0.25, 0.3) is 11.3 Å². The number of ether oxygens (including phenoxy) is 1. The van der Waals surface area contributed by atoms with E-state index in [1.54, 1.807) is 0 Å². The zero-order valence-electron chi connectivity index (χ0n) is 13.0. The van der Waals surface area contributed by atoms with Gasteiger partial charge in [-0.25, -0.2) is 4.98 Å². The number of β-amino-alcohol motifs (C(OH)–C–C–N with tert-alkyl or cyclic N) is 1. The first-order valence-electron chi connectivity index (χ1n) is 8.44. The first kappa shape index (κ1) is 13.7. The van der Waals surface area contributed by atoms with Crippen LogP contribution in [-0.2, 0) is 4.74 Å². The van der Waals surface area contributed by atoms with Gasteiger partial charge in [0.1, 0.15) is 0 Å². The first-order valence-corrected chi connectivity index (χ1v) is 8.44. The molecule has 0 saturated carbocycles. The van der Waals surface area contributed by atoms with Crippen LogP contribution in [0.4, 0.5) is 0 Å². The summed E-state index contributed by atoms with van der Waals surface area (Å²) in [4.78, 5) is 6.72. The Labute approximate surface area is 135 Å². The first-order chi connectivity index (χ1) is 11.3. The van der Waals surface area contributed by atoms with Gasteiger partial charge >= 0.3 is 0 Å². The third-order valence-corrected chi connectivity index (χ3v) is 5.73. The number of imidazole rings is 1. The molecule has 0 radical (unpaired) electrons. The summed E-state index contributed by atoms with van der Waals surface area (Å²) in [7, 11) is 0. The van der Waals surface area contributed by atoms with E-state index in [9.17, 15) is 5.11 Å². The summed E-state index contributed by atoms with van der Waals surface area (Å²) in [6.45, 7) is 3.42. The van der Waals surface area contributed by atoms with Crippen LogP contribution in [0.2, 0.25) is 0 Å². The number of piperidine rings is 1. The highest BCUT2D eigenvalue weighted by Crippen LogP contribution is 2.45. The van der Waals surface area contributed by atoms with Crippen LogP contribution in [0.3, 0.4) is 0 Å². The van der Waals surface area contributed by atoms with E-state index >= 15 is 0 Å². The summed E-state index contributed by atoms with van der Waals surface area (Å²) in [5.41, 5.74) is 3.76. The molecule has 5 nitrogen and oxygen atoms in total. The molecule has 3 aliphatic rings. The smallest absolute Gasteiger partial charge is 0.0956 e. The van der Waals surface area contributed by atoms with Crippen LogP contribution < -0.4 is 0 Å². The average Bonchev–Trinajstić information content (AvgIpc) is 3.07. The molecule has 23 heavy (non-hydrogen) atoms. The summed E-state index contributed by atoms with van der Waals surface area (Å²) in [5, 5.41) is 10.8. The van der Waals surface area contributed by atoms with Crippen LogP contribution >= 0.6 is 0 Å². The van der Waals surface area contributed by atoms with Gasteiger partial charge in [0.25, 0.3) is 0 Å². The monoisotopic (exact) mass is 311 g/mol. The predicted octanol–water partition coefficient (Wildman–Crippen LogP) is 1.53. The minimum Gasteiger partial charge on any atom is -0.391 e. The number of hydrogen-bond acceptors (Lipinski definition) is 4. The minimum absolute atomic E-state index is 0.207. The fraction of sp³-hybridized carbons (Fsp3) is 0.500. The molecule has 2 fully saturated rings. The summed E-state index contributed by atoms with van der Waals surface area (Å²) in [6.07, 6.45) is 4.55. The second-order valence-corrected chi connectivity index (χ2v) is 6.92. The molecule has 0 bridgehead atoms. The van der Waals surface area contributed by atoms with Gasteiger partial charge in [0, 0.05) is 18.0 Å². The number of aliphatic hydroxyl groups excluding tert-OH is 1. The van der Waals surface area contributed by atoms with E-state index in [0.29, 0.717) is 6.04 Å². The third kappa shape index (κ3) is 2.00. The van der Waals surface area contributed by atoms with Crippen LogP contribution in [0.15, 0.2) is 36.8 Å². The Morgan fingerprint density at radius 3 is 2.87 bits per heavy atom. The predicted molar refractivity (Wildman–Crippen MR) is 86.1 cm³/mol. The maximum atomic E-state index is 10.8. The van der Waals surface area contributed by atoms with E-state index in [0.717, 1.165) is 32.7 Å². The fourth-order valence-corrected chi connectivity index (χ4v) is 4.42. The molecule has 3 unspecified atom stereocenters. The van der Waals surface area contributed by atoms with Crippen molar-refractivity contribution in [3.63, 3.8) is 0 Å². The number of aliphatic hydroxyl groups is 1. The molecule has 0 aliphatic carbocycles. The van der Waals surface area contributed by atoms with E-state index in [1.807, 2.05) is 12.5 Å². The number of aromatic nitrogens is 2. The van der Waals surface area contributed by atoms with Gasteiger partial charge in [0.15, 0.2) is 0 Å². The van der Waals surface area contributed by atoms with Gasteiger partial charge in [-0.05, 0) is 18.5 Å². The molecule has 5 heteroatoms. The van der Waals surface area contributed by atoms with Crippen LogP contribution in [0.5, 0.6) is 0 Å². The molecule has 4 heterocycles. The molecule has 1 N–H and O–H groups in total. The van der Waals surface area contributed by atoms with Crippen molar-refractivity contribution in [1.82, 2.24) is 14.5 Å². The molecule has 3 atom stereocenters. The Morgan fingerprint density at radius 1 is 1.22 bits per heavy atom.